The van der Waals surface area contributed by atoms with Gasteiger partial charge in [-0.25, -0.2) is 9.82 Å². The average Bonchev–Trinajstić information content (AvgIpc) is 2.44. The van der Waals surface area contributed by atoms with Crippen LogP contribution in [0.1, 0.15) is 29.7 Å². The van der Waals surface area contributed by atoms with Crippen LogP contribution in [0.2, 0.25) is 0 Å². The van der Waals surface area contributed by atoms with Gasteiger partial charge >= 0.3 is 0 Å². The summed E-state index contributed by atoms with van der Waals surface area (Å²) in [6, 6.07) is 12.5. The van der Waals surface area contributed by atoms with Gasteiger partial charge in [-0.15, -0.1) is 0 Å². The molecule has 2 nitrogen and oxygen atoms in total. The quantitative estimate of drug-likeness (QED) is 0.665. The zero-order valence-corrected chi connectivity index (χ0v) is 12.2. The Balaban J connectivity index is 2.53. The number of hydrogen-bond acceptors (Lipinski definition) is 2. The van der Waals surface area contributed by atoms with Gasteiger partial charge < -0.3 is 0 Å². The zero-order valence-electron chi connectivity index (χ0n) is 10.7. The van der Waals surface area contributed by atoms with E-state index < -0.39 is 0 Å². The van der Waals surface area contributed by atoms with Crippen LogP contribution in [-0.4, -0.2) is 0 Å². The molecule has 2 aromatic carbocycles. The number of hydrogen-bond donors (Lipinski definition) is 2. The molecule has 0 aliphatic heterocycles. The number of rotatable bonds is 4. The molecular formula is C15H16BrFN2. The van der Waals surface area contributed by atoms with Crippen molar-refractivity contribution < 1.29 is 4.39 Å². The lowest BCUT2D eigenvalue weighted by Gasteiger charge is -2.20. The van der Waals surface area contributed by atoms with Crippen molar-refractivity contribution in [2.75, 3.05) is 0 Å². The fourth-order valence-electron chi connectivity index (χ4n) is 2.22. The van der Waals surface area contributed by atoms with Gasteiger partial charge in [-0.3, -0.25) is 5.84 Å². The van der Waals surface area contributed by atoms with Crippen LogP contribution in [0.15, 0.2) is 46.9 Å². The fourth-order valence-corrected chi connectivity index (χ4v) is 2.60. The molecule has 0 spiro atoms. The molecule has 0 saturated heterocycles. The van der Waals surface area contributed by atoms with E-state index in [1.165, 1.54) is 6.07 Å². The van der Waals surface area contributed by atoms with Crippen molar-refractivity contribution in [2.45, 2.75) is 19.4 Å². The molecule has 4 heteroatoms. The third kappa shape index (κ3) is 3.03. The van der Waals surface area contributed by atoms with Gasteiger partial charge in [0.25, 0.3) is 0 Å². The molecule has 0 fully saturated rings. The largest absolute Gasteiger partial charge is 0.271 e. The van der Waals surface area contributed by atoms with E-state index in [9.17, 15) is 4.39 Å². The monoisotopic (exact) mass is 322 g/mol. The molecule has 0 aromatic heterocycles. The van der Waals surface area contributed by atoms with Crippen LogP contribution in [0.25, 0.3) is 0 Å². The molecule has 3 N–H and O–H groups in total. The molecule has 0 saturated carbocycles. The van der Waals surface area contributed by atoms with Gasteiger partial charge in [-0.2, -0.15) is 0 Å². The van der Waals surface area contributed by atoms with Crippen LogP contribution < -0.4 is 11.3 Å². The third-order valence-electron chi connectivity index (χ3n) is 3.18. The van der Waals surface area contributed by atoms with Crippen LogP contribution >= 0.6 is 15.9 Å². The van der Waals surface area contributed by atoms with E-state index in [4.69, 9.17) is 5.84 Å². The number of hydrazine groups is 1. The molecule has 1 atom stereocenters. The van der Waals surface area contributed by atoms with E-state index in [1.54, 1.807) is 12.1 Å². The van der Waals surface area contributed by atoms with Crippen LogP contribution in [0.3, 0.4) is 0 Å². The second-order valence-corrected chi connectivity index (χ2v) is 5.23. The average molecular weight is 323 g/mol. The van der Waals surface area contributed by atoms with Crippen molar-refractivity contribution in [1.29, 1.82) is 0 Å². The Bertz CT molecular complexity index is 572. The molecule has 0 aliphatic rings. The molecule has 1 unspecified atom stereocenters. The van der Waals surface area contributed by atoms with Crippen LogP contribution in [0.4, 0.5) is 4.39 Å². The highest BCUT2D eigenvalue weighted by Crippen LogP contribution is 2.28. The maximum absolute atomic E-state index is 14.0. The maximum Gasteiger partial charge on any atom is 0.128 e. The Hall–Kier alpha value is -1.23. The molecule has 0 heterocycles. The summed E-state index contributed by atoms with van der Waals surface area (Å²) in [5, 5.41) is 0. The lowest BCUT2D eigenvalue weighted by atomic mass is 9.93. The van der Waals surface area contributed by atoms with Crippen molar-refractivity contribution >= 4 is 15.9 Å². The van der Waals surface area contributed by atoms with Crippen molar-refractivity contribution in [1.82, 2.24) is 5.43 Å². The van der Waals surface area contributed by atoms with E-state index >= 15 is 0 Å². The Morgan fingerprint density at radius 3 is 2.63 bits per heavy atom. The first-order valence-corrected chi connectivity index (χ1v) is 6.95. The van der Waals surface area contributed by atoms with Gasteiger partial charge in [0.1, 0.15) is 5.82 Å². The number of nitrogens with one attached hydrogen (secondary N) is 1. The fraction of sp³-hybridized carbons (Fsp3) is 0.200. The second kappa shape index (κ2) is 6.28. The van der Waals surface area contributed by atoms with Gasteiger partial charge in [0, 0.05) is 10.0 Å². The summed E-state index contributed by atoms with van der Waals surface area (Å²) >= 11 is 3.37. The van der Waals surface area contributed by atoms with Crippen LogP contribution in [-0.2, 0) is 6.42 Å². The number of nitrogens with two attached hydrogens (primary N) is 1. The van der Waals surface area contributed by atoms with Crippen LogP contribution in [0, 0.1) is 5.82 Å². The first kappa shape index (κ1) is 14.2. The molecule has 0 aliphatic carbocycles. The molecule has 2 aromatic rings. The third-order valence-corrected chi connectivity index (χ3v) is 3.68. The standard InChI is InChI=1S/C15H16BrFN2/c1-2-10-5-3-4-6-12(10)15(19-18)13-9-11(16)7-8-14(13)17/h3-9,15,19H,2,18H2,1H3. The highest BCUT2D eigenvalue weighted by atomic mass is 79.9. The van der Waals surface area contributed by atoms with Gasteiger partial charge in [0.15, 0.2) is 0 Å². The predicted octanol–water partition coefficient (Wildman–Crippen LogP) is 3.70. The van der Waals surface area contributed by atoms with Crippen molar-refractivity contribution in [2.24, 2.45) is 5.84 Å². The number of halogens is 2. The summed E-state index contributed by atoms with van der Waals surface area (Å²) < 4.78 is 14.8. The lowest BCUT2D eigenvalue weighted by molar-refractivity contribution is 0.557. The first-order chi connectivity index (χ1) is 9.17. The Kier molecular flexibility index (Phi) is 4.69. The normalized spacial score (nSPS) is 12.4. The summed E-state index contributed by atoms with van der Waals surface area (Å²) in [5.74, 6) is 5.38. The predicted molar refractivity (Wildman–Crippen MR) is 79.1 cm³/mol. The highest BCUT2D eigenvalue weighted by Gasteiger charge is 2.19. The van der Waals surface area contributed by atoms with E-state index in [-0.39, 0.29) is 11.9 Å². The van der Waals surface area contributed by atoms with E-state index in [0.29, 0.717) is 5.56 Å². The van der Waals surface area contributed by atoms with Gasteiger partial charge in [0.2, 0.25) is 0 Å². The van der Waals surface area contributed by atoms with Crippen molar-refractivity contribution in [3.8, 4) is 0 Å². The van der Waals surface area contributed by atoms with Gasteiger partial charge in [-0.1, -0.05) is 47.1 Å². The zero-order chi connectivity index (χ0) is 13.8. The Morgan fingerprint density at radius 2 is 1.95 bits per heavy atom. The number of benzene rings is 2. The summed E-state index contributed by atoms with van der Waals surface area (Å²) in [6.45, 7) is 2.07. The molecule has 0 amide bonds. The van der Waals surface area contributed by atoms with Crippen molar-refractivity contribution in [3.05, 3.63) is 69.4 Å². The van der Waals surface area contributed by atoms with Gasteiger partial charge in [0.05, 0.1) is 6.04 Å². The van der Waals surface area contributed by atoms with E-state index in [2.05, 4.69) is 28.3 Å². The van der Waals surface area contributed by atoms with E-state index in [0.717, 1.165) is 22.0 Å². The lowest BCUT2D eigenvalue weighted by Crippen LogP contribution is -2.30. The number of aryl methyl sites for hydroxylation is 1. The SMILES string of the molecule is CCc1ccccc1C(NN)c1cc(Br)ccc1F. The highest BCUT2D eigenvalue weighted by molar-refractivity contribution is 9.10. The Morgan fingerprint density at radius 1 is 1.21 bits per heavy atom. The van der Waals surface area contributed by atoms with Gasteiger partial charge in [-0.05, 0) is 35.7 Å². The Labute approximate surface area is 120 Å². The first-order valence-electron chi connectivity index (χ1n) is 6.16. The van der Waals surface area contributed by atoms with Crippen LogP contribution in [0.5, 0.6) is 0 Å². The molecular weight excluding hydrogens is 307 g/mol. The maximum atomic E-state index is 14.0. The summed E-state index contributed by atoms with van der Waals surface area (Å²) in [4.78, 5) is 0. The van der Waals surface area contributed by atoms with Crippen molar-refractivity contribution in [3.63, 3.8) is 0 Å². The summed E-state index contributed by atoms with van der Waals surface area (Å²) in [6.07, 6.45) is 0.879. The summed E-state index contributed by atoms with van der Waals surface area (Å²) in [5.41, 5.74) is 5.42. The molecule has 0 radical (unpaired) electrons. The summed E-state index contributed by atoms with van der Waals surface area (Å²) in [7, 11) is 0. The smallest absolute Gasteiger partial charge is 0.128 e. The molecule has 0 bridgehead atoms. The minimum Gasteiger partial charge on any atom is -0.271 e. The molecule has 2 rings (SSSR count). The topological polar surface area (TPSA) is 38.0 Å². The minimum absolute atomic E-state index is 0.267. The molecule has 100 valence electrons. The minimum atomic E-state index is -0.353. The second-order valence-electron chi connectivity index (χ2n) is 4.32. The molecule has 19 heavy (non-hydrogen) atoms. The van der Waals surface area contributed by atoms with E-state index in [1.807, 2.05) is 24.3 Å².